The Bertz CT molecular complexity index is 810. The number of benzene rings is 2. The molecule has 0 unspecified atom stereocenters. The molecule has 2 aromatic carbocycles. The summed E-state index contributed by atoms with van der Waals surface area (Å²) in [6.45, 7) is 0. The van der Waals surface area contributed by atoms with Gasteiger partial charge in [0.1, 0.15) is 11.4 Å². The van der Waals surface area contributed by atoms with Gasteiger partial charge in [0.25, 0.3) is 0 Å². The fourth-order valence-electron chi connectivity index (χ4n) is 2.49. The van der Waals surface area contributed by atoms with Gasteiger partial charge in [0.05, 0.1) is 20.6 Å². The Labute approximate surface area is 128 Å². The van der Waals surface area contributed by atoms with Gasteiger partial charge in [-0.05, 0) is 23.1 Å². The average molecular weight is 296 g/mol. The molecule has 0 amide bonds. The van der Waals surface area contributed by atoms with Gasteiger partial charge in [0, 0.05) is 17.8 Å². The van der Waals surface area contributed by atoms with Gasteiger partial charge in [0.15, 0.2) is 0 Å². The van der Waals surface area contributed by atoms with E-state index in [0.29, 0.717) is 0 Å². The molecule has 0 aliphatic rings. The van der Waals surface area contributed by atoms with E-state index in [0.717, 1.165) is 27.8 Å². The van der Waals surface area contributed by atoms with Crippen molar-refractivity contribution in [3.63, 3.8) is 0 Å². The van der Waals surface area contributed by atoms with Crippen molar-refractivity contribution in [2.75, 3.05) is 14.2 Å². The summed E-state index contributed by atoms with van der Waals surface area (Å²) in [5, 5.41) is 6.32. The van der Waals surface area contributed by atoms with Crippen LogP contribution in [-0.2, 0) is 16.0 Å². The Morgan fingerprint density at radius 1 is 1.23 bits per heavy atom. The Morgan fingerprint density at radius 2 is 2.09 bits per heavy atom. The Kier molecular flexibility index (Phi) is 3.78. The first kappa shape index (κ1) is 14.1. The van der Waals surface area contributed by atoms with Gasteiger partial charge >= 0.3 is 5.97 Å². The predicted octanol–water partition coefficient (Wildman–Crippen LogP) is 2.75. The highest BCUT2D eigenvalue weighted by Gasteiger charge is 2.12. The van der Waals surface area contributed by atoms with Crippen LogP contribution in [-0.4, -0.2) is 30.0 Å². The van der Waals surface area contributed by atoms with Gasteiger partial charge in [0.2, 0.25) is 0 Å². The molecule has 0 atom stereocenters. The number of fused-ring (bicyclic) bond motifs is 1. The zero-order valence-corrected chi connectivity index (χ0v) is 12.4. The monoisotopic (exact) mass is 296 g/mol. The molecule has 0 saturated heterocycles. The van der Waals surface area contributed by atoms with Crippen molar-refractivity contribution in [1.82, 2.24) is 9.78 Å². The lowest BCUT2D eigenvalue weighted by Gasteiger charge is -2.13. The van der Waals surface area contributed by atoms with E-state index < -0.39 is 0 Å². The summed E-state index contributed by atoms with van der Waals surface area (Å²) in [5.74, 6) is 0.497. The molecule has 3 rings (SSSR count). The normalized spacial score (nSPS) is 10.6. The minimum Gasteiger partial charge on any atom is -0.494 e. The van der Waals surface area contributed by atoms with Crippen LogP contribution in [0.25, 0.3) is 16.5 Å². The van der Waals surface area contributed by atoms with E-state index in [4.69, 9.17) is 9.47 Å². The molecule has 22 heavy (non-hydrogen) atoms. The highest BCUT2D eigenvalue weighted by molar-refractivity contribution is 5.93. The van der Waals surface area contributed by atoms with Gasteiger partial charge in [-0.1, -0.05) is 24.3 Å². The first-order chi connectivity index (χ1) is 10.7. The summed E-state index contributed by atoms with van der Waals surface area (Å²) in [5.41, 5.74) is 1.80. The van der Waals surface area contributed by atoms with Crippen LogP contribution in [0.2, 0.25) is 0 Å². The van der Waals surface area contributed by atoms with Gasteiger partial charge in [-0.2, -0.15) is 5.10 Å². The molecule has 0 fully saturated rings. The quantitative estimate of drug-likeness (QED) is 0.695. The van der Waals surface area contributed by atoms with Crippen molar-refractivity contribution in [2.24, 2.45) is 0 Å². The number of carbonyl (C=O) groups is 1. The number of methoxy groups -OCH3 is 2. The molecular formula is C17H16N2O3. The van der Waals surface area contributed by atoms with E-state index >= 15 is 0 Å². The largest absolute Gasteiger partial charge is 0.494 e. The lowest BCUT2D eigenvalue weighted by molar-refractivity contribution is -0.139. The third kappa shape index (κ3) is 2.53. The molecule has 112 valence electrons. The maximum absolute atomic E-state index is 11.4. The Morgan fingerprint density at radius 3 is 2.77 bits per heavy atom. The first-order valence-corrected chi connectivity index (χ1v) is 6.89. The molecule has 0 aliphatic heterocycles. The van der Waals surface area contributed by atoms with Crippen LogP contribution in [0.1, 0.15) is 5.56 Å². The number of nitrogens with zero attached hydrogens (tertiary/aromatic N) is 2. The fraction of sp³-hybridized carbons (Fsp3) is 0.176. The Hall–Kier alpha value is -2.82. The minimum atomic E-state index is -0.250. The first-order valence-electron chi connectivity index (χ1n) is 6.89. The number of hydrogen-bond donors (Lipinski definition) is 0. The van der Waals surface area contributed by atoms with Crippen molar-refractivity contribution in [3.05, 3.63) is 54.4 Å². The van der Waals surface area contributed by atoms with Crippen LogP contribution in [0.15, 0.2) is 48.8 Å². The van der Waals surface area contributed by atoms with Crippen molar-refractivity contribution in [1.29, 1.82) is 0 Å². The van der Waals surface area contributed by atoms with Crippen LogP contribution in [0, 0.1) is 0 Å². The number of carbonyl (C=O) groups excluding carboxylic acids is 1. The van der Waals surface area contributed by atoms with Crippen molar-refractivity contribution in [3.8, 4) is 11.4 Å². The molecular weight excluding hydrogens is 280 g/mol. The predicted molar refractivity (Wildman–Crippen MR) is 83.3 cm³/mol. The number of hydrogen-bond acceptors (Lipinski definition) is 4. The van der Waals surface area contributed by atoms with E-state index in [1.807, 2.05) is 42.6 Å². The number of rotatable bonds is 4. The molecule has 3 aromatic rings. The highest BCUT2D eigenvalue weighted by Crippen LogP contribution is 2.31. The van der Waals surface area contributed by atoms with Crippen LogP contribution in [0.4, 0.5) is 0 Å². The maximum atomic E-state index is 11.4. The van der Waals surface area contributed by atoms with E-state index in [1.165, 1.54) is 7.11 Å². The number of esters is 1. The fourth-order valence-corrected chi connectivity index (χ4v) is 2.49. The lowest BCUT2D eigenvalue weighted by atomic mass is 10.0. The zero-order valence-electron chi connectivity index (χ0n) is 12.4. The van der Waals surface area contributed by atoms with Crippen LogP contribution in [0.3, 0.4) is 0 Å². The lowest BCUT2D eigenvalue weighted by Crippen LogP contribution is -2.04. The van der Waals surface area contributed by atoms with E-state index in [9.17, 15) is 4.79 Å². The molecule has 1 aromatic heterocycles. The molecule has 5 heteroatoms. The van der Waals surface area contributed by atoms with Gasteiger partial charge in [-0.25, -0.2) is 4.68 Å². The maximum Gasteiger partial charge on any atom is 0.309 e. The van der Waals surface area contributed by atoms with E-state index in [2.05, 4.69) is 5.10 Å². The second-order valence-corrected chi connectivity index (χ2v) is 4.88. The molecule has 0 radical (unpaired) electrons. The molecule has 0 N–H and O–H groups in total. The second-order valence-electron chi connectivity index (χ2n) is 4.88. The topological polar surface area (TPSA) is 53.4 Å². The van der Waals surface area contributed by atoms with Crippen LogP contribution in [0.5, 0.6) is 5.75 Å². The van der Waals surface area contributed by atoms with Crippen molar-refractivity contribution in [2.45, 2.75) is 6.42 Å². The second kappa shape index (κ2) is 5.89. The molecule has 5 nitrogen and oxygen atoms in total. The molecule has 0 spiro atoms. The van der Waals surface area contributed by atoms with E-state index in [-0.39, 0.29) is 12.4 Å². The number of aromatic nitrogens is 2. The van der Waals surface area contributed by atoms with Gasteiger partial charge < -0.3 is 9.47 Å². The summed E-state index contributed by atoms with van der Waals surface area (Å²) < 4.78 is 11.9. The van der Waals surface area contributed by atoms with Crippen molar-refractivity contribution >= 4 is 16.7 Å². The molecule has 0 saturated carbocycles. The SMILES string of the molecule is COC(=O)Cc1ccc2c(-n3cccn3)c(OC)ccc2c1. The zero-order chi connectivity index (χ0) is 15.5. The van der Waals surface area contributed by atoms with Crippen molar-refractivity contribution < 1.29 is 14.3 Å². The minimum absolute atomic E-state index is 0.250. The molecule has 0 aliphatic carbocycles. The standard InChI is InChI=1S/C17H16N2O3/c1-21-15-7-5-13-10-12(11-16(20)22-2)4-6-14(13)17(15)19-9-3-8-18-19/h3-10H,11H2,1-2H3. The van der Waals surface area contributed by atoms with Crippen LogP contribution < -0.4 is 4.74 Å². The van der Waals surface area contributed by atoms with Crippen LogP contribution >= 0.6 is 0 Å². The van der Waals surface area contributed by atoms with Gasteiger partial charge in [-0.15, -0.1) is 0 Å². The Balaban J connectivity index is 2.14. The summed E-state index contributed by atoms with van der Waals surface area (Å²) in [6.07, 6.45) is 3.86. The summed E-state index contributed by atoms with van der Waals surface area (Å²) in [6, 6.07) is 11.6. The average Bonchev–Trinajstić information content (AvgIpc) is 3.07. The van der Waals surface area contributed by atoms with E-state index in [1.54, 1.807) is 18.0 Å². The summed E-state index contributed by atoms with van der Waals surface area (Å²) >= 11 is 0. The third-order valence-electron chi connectivity index (χ3n) is 3.55. The highest BCUT2D eigenvalue weighted by atomic mass is 16.5. The molecule has 0 bridgehead atoms. The smallest absolute Gasteiger partial charge is 0.309 e. The summed E-state index contributed by atoms with van der Waals surface area (Å²) in [4.78, 5) is 11.4. The summed E-state index contributed by atoms with van der Waals surface area (Å²) in [7, 11) is 3.03. The number of ether oxygens (including phenoxy) is 2. The molecule has 1 heterocycles. The van der Waals surface area contributed by atoms with Gasteiger partial charge in [-0.3, -0.25) is 4.79 Å². The third-order valence-corrected chi connectivity index (χ3v) is 3.55.